The molecule has 4 atom stereocenters. The minimum absolute atomic E-state index is 0.288. The van der Waals surface area contributed by atoms with Gasteiger partial charge in [-0.25, -0.2) is 0 Å². The summed E-state index contributed by atoms with van der Waals surface area (Å²) < 4.78 is 5.19. The van der Waals surface area contributed by atoms with Crippen molar-refractivity contribution in [3.63, 3.8) is 0 Å². The highest BCUT2D eigenvalue weighted by Gasteiger charge is 2.35. The second-order valence-electron chi connectivity index (χ2n) is 4.44. The number of hydrogen-bond donors (Lipinski definition) is 4. The molecule has 2 aliphatic heterocycles. The highest BCUT2D eigenvalue weighted by atomic mass is 16.5. The number of ether oxygens (including phenoxy) is 1. The number of hydrogen-bond acceptors (Lipinski definition) is 6. The Morgan fingerprint density at radius 1 is 1.12 bits per heavy atom. The number of carboxylic acid groups (broad SMARTS) is 1. The number of esters is 1. The van der Waals surface area contributed by atoms with Gasteiger partial charge in [-0.1, -0.05) is 0 Å². The van der Waals surface area contributed by atoms with Crippen molar-refractivity contribution < 1.29 is 24.5 Å². The molecule has 0 unspecified atom stereocenters. The molecular weight excluding hydrogens is 228 g/mol. The Hall–Kier alpha value is -1.18. The zero-order valence-corrected chi connectivity index (χ0v) is 9.26. The van der Waals surface area contributed by atoms with Crippen LogP contribution >= 0.6 is 0 Å². The van der Waals surface area contributed by atoms with Gasteiger partial charge in [0, 0.05) is 25.9 Å². The lowest BCUT2D eigenvalue weighted by Gasteiger charge is -2.14. The van der Waals surface area contributed by atoms with Gasteiger partial charge in [0.25, 0.3) is 0 Å². The molecule has 0 radical (unpaired) electrons. The van der Waals surface area contributed by atoms with Gasteiger partial charge in [0.1, 0.15) is 18.2 Å². The van der Waals surface area contributed by atoms with Gasteiger partial charge in [-0.05, 0) is 0 Å². The normalized spacial score (nSPS) is 37.0. The molecule has 2 rings (SSSR count). The lowest BCUT2D eigenvalue weighted by molar-refractivity contribution is -0.151. The lowest BCUT2D eigenvalue weighted by Crippen LogP contribution is -2.35. The monoisotopic (exact) mass is 244 g/mol. The van der Waals surface area contributed by atoms with Gasteiger partial charge in [0.2, 0.25) is 0 Å². The largest absolute Gasteiger partial charge is 0.480 e. The summed E-state index contributed by atoms with van der Waals surface area (Å²) in [6, 6.07) is -1.12. The molecule has 0 bridgehead atoms. The van der Waals surface area contributed by atoms with Gasteiger partial charge in [0.05, 0.1) is 6.10 Å². The SMILES string of the molecule is O=C(O)[C@@H]1C[C@H](OC(=O)[C@@H]2C[C@@H](O)CN2)CN1. The lowest BCUT2D eigenvalue weighted by atomic mass is 10.2. The summed E-state index contributed by atoms with van der Waals surface area (Å²) in [5, 5.41) is 23.6. The van der Waals surface area contributed by atoms with Crippen LogP contribution < -0.4 is 10.6 Å². The van der Waals surface area contributed by atoms with Crippen LogP contribution in [0.4, 0.5) is 0 Å². The van der Waals surface area contributed by atoms with Crippen molar-refractivity contribution in [1.29, 1.82) is 0 Å². The maximum Gasteiger partial charge on any atom is 0.323 e. The van der Waals surface area contributed by atoms with E-state index in [0.29, 0.717) is 19.5 Å². The fourth-order valence-electron chi connectivity index (χ4n) is 2.12. The highest BCUT2D eigenvalue weighted by Crippen LogP contribution is 2.14. The molecule has 7 heteroatoms. The van der Waals surface area contributed by atoms with Crippen molar-refractivity contribution in [2.24, 2.45) is 0 Å². The summed E-state index contributed by atoms with van der Waals surface area (Å²) in [6.45, 7) is 0.748. The third kappa shape index (κ3) is 2.93. The first-order valence-electron chi connectivity index (χ1n) is 5.64. The zero-order valence-electron chi connectivity index (χ0n) is 9.26. The van der Waals surface area contributed by atoms with E-state index in [1.165, 1.54) is 0 Å². The number of β-amino-alcohol motifs (C(OH)–C–C–N with tert-alkyl or cyclic N) is 1. The second-order valence-corrected chi connectivity index (χ2v) is 4.44. The van der Waals surface area contributed by atoms with Gasteiger partial charge in [-0.3, -0.25) is 9.59 Å². The molecule has 2 heterocycles. The molecule has 0 aromatic carbocycles. The van der Waals surface area contributed by atoms with Crippen molar-refractivity contribution in [3.05, 3.63) is 0 Å². The Morgan fingerprint density at radius 2 is 1.82 bits per heavy atom. The molecule has 2 fully saturated rings. The smallest absolute Gasteiger partial charge is 0.323 e. The number of aliphatic hydroxyl groups excluding tert-OH is 1. The molecule has 4 N–H and O–H groups in total. The fourth-order valence-corrected chi connectivity index (χ4v) is 2.12. The summed E-state index contributed by atoms with van der Waals surface area (Å²) >= 11 is 0. The van der Waals surface area contributed by atoms with Crippen LogP contribution in [0.25, 0.3) is 0 Å². The average molecular weight is 244 g/mol. The van der Waals surface area contributed by atoms with E-state index in [0.717, 1.165) is 0 Å². The van der Waals surface area contributed by atoms with Gasteiger partial charge in [0.15, 0.2) is 0 Å². The number of carbonyl (C=O) groups is 2. The second kappa shape index (κ2) is 4.99. The predicted octanol–water partition coefficient (Wildman–Crippen LogP) is -1.93. The molecule has 0 amide bonds. The molecule has 2 aliphatic rings. The molecule has 0 aliphatic carbocycles. The van der Waals surface area contributed by atoms with E-state index in [9.17, 15) is 14.7 Å². The van der Waals surface area contributed by atoms with E-state index in [2.05, 4.69) is 10.6 Å². The highest BCUT2D eigenvalue weighted by molar-refractivity contribution is 5.77. The predicted molar refractivity (Wildman–Crippen MR) is 56.3 cm³/mol. The topological polar surface area (TPSA) is 108 Å². The summed E-state index contributed by atoms with van der Waals surface area (Å²) in [5.74, 6) is -1.35. The Balaban J connectivity index is 1.78. The van der Waals surface area contributed by atoms with Crippen LogP contribution in [-0.2, 0) is 14.3 Å². The van der Waals surface area contributed by atoms with Crippen LogP contribution in [0.3, 0.4) is 0 Å². The maximum atomic E-state index is 11.7. The summed E-state index contributed by atoms with van der Waals surface area (Å²) in [6.07, 6.45) is -0.276. The molecule has 0 aromatic rings. The number of nitrogens with one attached hydrogen (secondary N) is 2. The number of rotatable bonds is 3. The van der Waals surface area contributed by atoms with E-state index in [4.69, 9.17) is 9.84 Å². The number of aliphatic carboxylic acids is 1. The average Bonchev–Trinajstić information content (AvgIpc) is 2.86. The van der Waals surface area contributed by atoms with Crippen LogP contribution in [0.5, 0.6) is 0 Å². The van der Waals surface area contributed by atoms with Gasteiger partial charge in [-0.15, -0.1) is 0 Å². The Bertz CT molecular complexity index is 322. The summed E-state index contributed by atoms with van der Waals surface area (Å²) in [7, 11) is 0. The van der Waals surface area contributed by atoms with E-state index in [-0.39, 0.29) is 6.42 Å². The maximum absolute atomic E-state index is 11.7. The molecule has 17 heavy (non-hydrogen) atoms. The van der Waals surface area contributed by atoms with Crippen LogP contribution in [-0.4, -0.2) is 59.5 Å². The van der Waals surface area contributed by atoms with Crippen LogP contribution in [0.1, 0.15) is 12.8 Å². The van der Waals surface area contributed by atoms with Crippen LogP contribution in [0.2, 0.25) is 0 Å². The molecule has 96 valence electrons. The number of carboxylic acids is 1. The third-order valence-corrected chi connectivity index (χ3v) is 3.06. The first kappa shape index (κ1) is 12.3. The first-order valence-corrected chi connectivity index (χ1v) is 5.64. The van der Waals surface area contributed by atoms with E-state index in [1.807, 2.05) is 0 Å². The Labute approximate surface area is 98.1 Å². The van der Waals surface area contributed by atoms with Gasteiger partial charge < -0.3 is 25.6 Å². The molecule has 2 saturated heterocycles. The van der Waals surface area contributed by atoms with Crippen molar-refractivity contribution in [2.45, 2.75) is 37.1 Å². The van der Waals surface area contributed by atoms with Crippen LogP contribution in [0.15, 0.2) is 0 Å². The van der Waals surface area contributed by atoms with Crippen molar-refractivity contribution >= 4 is 11.9 Å². The minimum atomic E-state index is -0.932. The first-order chi connectivity index (χ1) is 8.06. The van der Waals surface area contributed by atoms with E-state index >= 15 is 0 Å². The zero-order chi connectivity index (χ0) is 12.4. The number of aliphatic hydroxyl groups is 1. The van der Waals surface area contributed by atoms with Gasteiger partial charge in [-0.2, -0.15) is 0 Å². The van der Waals surface area contributed by atoms with E-state index in [1.54, 1.807) is 0 Å². The van der Waals surface area contributed by atoms with Crippen LogP contribution in [0, 0.1) is 0 Å². The summed E-state index contributed by atoms with van der Waals surface area (Å²) in [4.78, 5) is 22.3. The standard InChI is InChI=1S/C10H16N2O5/c13-5-1-8(11-3-5)10(16)17-6-2-7(9(14)15)12-4-6/h5-8,11-13H,1-4H2,(H,14,15)/t5-,6+,7+,8+/m1/s1. The number of carbonyl (C=O) groups excluding carboxylic acids is 1. The van der Waals surface area contributed by atoms with E-state index < -0.39 is 36.2 Å². The minimum Gasteiger partial charge on any atom is -0.480 e. The quantitative estimate of drug-likeness (QED) is 0.428. The summed E-state index contributed by atoms with van der Waals surface area (Å²) in [5.41, 5.74) is 0. The molecule has 0 spiro atoms. The Morgan fingerprint density at radius 3 is 2.35 bits per heavy atom. The third-order valence-electron chi connectivity index (χ3n) is 3.06. The fraction of sp³-hybridized carbons (Fsp3) is 0.800. The molecule has 0 aromatic heterocycles. The van der Waals surface area contributed by atoms with Gasteiger partial charge >= 0.3 is 11.9 Å². The molecule has 0 saturated carbocycles. The van der Waals surface area contributed by atoms with Crippen molar-refractivity contribution in [2.75, 3.05) is 13.1 Å². The molecular formula is C10H16N2O5. The molecule has 7 nitrogen and oxygen atoms in total. The van der Waals surface area contributed by atoms with Crippen molar-refractivity contribution in [3.8, 4) is 0 Å². The van der Waals surface area contributed by atoms with Crippen molar-refractivity contribution in [1.82, 2.24) is 10.6 Å². The Kier molecular flexibility index (Phi) is 3.60.